The first kappa shape index (κ1) is 25.5. The van der Waals surface area contributed by atoms with E-state index in [-0.39, 0.29) is 60.1 Å². The molecule has 3 saturated heterocycles. The number of likely N-dealkylation sites (tertiary alicyclic amines) is 1. The molecule has 4 heterocycles. The van der Waals surface area contributed by atoms with Gasteiger partial charge in [-0.15, -0.1) is 11.8 Å². The highest BCUT2D eigenvalue weighted by atomic mass is 32.2. The maximum Gasteiger partial charge on any atom is 0.353 e. The van der Waals surface area contributed by atoms with Crippen molar-refractivity contribution in [3.8, 4) is 0 Å². The zero-order valence-electron chi connectivity index (χ0n) is 19.7. The Balaban J connectivity index is 1.42. The summed E-state index contributed by atoms with van der Waals surface area (Å²) in [5.41, 5.74) is 0.142. The molecule has 0 radical (unpaired) electrons. The average Bonchev–Trinajstić information content (AvgIpc) is 3.50. The number of esters is 1. The molecule has 0 saturated carbocycles. The third-order valence-electron chi connectivity index (χ3n) is 7.16. The number of thioether (sulfide) groups is 1. The SMILES string of the molecule is CCOC(=O)C1CN(C(=O)[C@@H]2C[C@H](SC3=C(C(=O)O)N4C(=O)[C@H]([C@@H](C)O)[C@H]4[C@H]3C)CN2)C/C1=N/O. The van der Waals surface area contributed by atoms with E-state index in [0.29, 0.717) is 17.9 Å². The highest BCUT2D eigenvalue weighted by Gasteiger charge is 2.60. The van der Waals surface area contributed by atoms with E-state index < -0.39 is 35.9 Å². The molecule has 7 atom stereocenters. The molecule has 0 aromatic heterocycles. The predicted molar refractivity (Wildman–Crippen MR) is 123 cm³/mol. The van der Waals surface area contributed by atoms with Gasteiger partial charge in [-0.25, -0.2) is 4.79 Å². The van der Waals surface area contributed by atoms with Crippen LogP contribution in [-0.2, 0) is 23.9 Å². The second-order valence-corrected chi connectivity index (χ2v) is 10.7. The Morgan fingerprint density at radius 1 is 1.34 bits per heavy atom. The summed E-state index contributed by atoms with van der Waals surface area (Å²) < 4.78 is 5.01. The topological polar surface area (TPSA) is 169 Å². The van der Waals surface area contributed by atoms with Gasteiger partial charge in [0.05, 0.1) is 43.0 Å². The van der Waals surface area contributed by atoms with E-state index in [1.54, 1.807) is 6.92 Å². The Hall–Kier alpha value is -2.64. The summed E-state index contributed by atoms with van der Waals surface area (Å²) in [6, 6.07) is -0.925. The molecule has 4 aliphatic rings. The number of hydrogen-bond donors (Lipinski definition) is 4. The normalized spacial score (nSPS) is 34.3. The monoisotopic (exact) mass is 510 g/mol. The number of aliphatic hydroxyl groups excluding tert-OH is 1. The van der Waals surface area contributed by atoms with Crippen LogP contribution in [0.25, 0.3) is 0 Å². The minimum absolute atomic E-state index is 0.0274. The zero-order chi connectivity index (χ0) is 25.6. The lowest BCUT2D eigenvalue weighted by Crippen LogP contribution is -2.63. The van der Waals surface area contributed by atoms with Crippen molar-refractivity contribution in [1.82, 2.24) is 15.1 Å². The van der Waals surface area contributed by atoms with E-state index in [1.165, 1.54) is 28.5 Å². The molecule has 192 valence electrons. The van der Waals surface area contributed by atoms with Crippen LogP contribution in [0.3, 0.4) is 0 Å². The number of β-lactam (4-membered cyclic amide) rings is 1. The molecular weight excluding hydrogens is 480 g/mol. The van der Waals surface area contributed by atoms with Crippen LogP contribution in [-0.4, -0.2) is 104 Å². The summed E-state index contributed by atoms with van der Waals surface area (Å²) in [6.07, 6.45) is -0.441. The minimum Gasteiger partial charge on any atom is -0.477 e. The van der Waals surface area contributed by atoms with Crippen molar-refractivity contribution >= 4 is 41.2 Å². The lowest BCUT2D eigenvalue weighted by Gasteiger charge is -2.46. The first-order valence-electron chi connectivity index (χ1n) is 11.6. The Labute approximate surface area is 206 Å². The largest absolute Gasteiger partial charge is 0.477 e. The maximum absolute atomic E-state index is 13.1. The van der Waals surface area contributed by atoms with Gasteiger partial charge < -0.3 is 35.3 Å². The lowest BCUT2D eigenvalue weighted by atomic mass is 9.79. The van der Waals surface area contributed by atoms with E-state index in [9.17, 15) is 34.6 Å². The Bertz CT molecular complexity index is 998. The fourth-order valence-corrected chi connectivity index (χ4v) is 6.96. The molecular formula is C22H30N4O8S. The number of aliphatic hydroxyl groups is 1. The fourth-order valence-electron chi connectivity index (χ4n) is 5.48. The van der Waals surface area contributed by atoms with Gasteiger partial charge in [-0.05, 0) is 20.3 Å². The number of nitrogens with zero attached hydrogens (tertiary/aromatic N) is 3. The number of oxime groups is 1. The molecule has 4 N–H and O–H groups in total. The number of nitrogens with one attached hydrogen (secondary N) is 1. The van der Waals surface area contributed by atoms with Gasteiger partial charge in [0.15, 0.2) is 0 Å². The van der Waals surface area contributed by atoms with Gasteiger partial charge in [0, 0.05) is 29.2 Å². The number of amides is 2. The maximum atomic E-state index is 13.1. The highest BCUT2D eigenvalue weighted by Crippen LogP contribution is 2.51. The van der Waals surface area contributed by atoms with Crippen molar-refractivity contribution in [3.63, 3.8) is 0 Å². The van der Waals surface area contributed by atoms with Crippen molar-refractivity contribution in [2.24, 2.45) is 22.9 Å². The molecule has 12 nitrogen and oxygen atoms in total. The number of fused-ring (bicyclic) bond motifs is 1. The van der Waals surface area contributed by atoms with Crippen molar-refractivity contribution in [1.29, 1.82) is 0 Å². The second kappa shape index (κ2) is 9.78. The quantitative estimate of drug-likeness (QED) is 0.151. The Morgan fingerprint density at radius 2 is 2.06 bits per heavy atom. The van der Waals surface area contributed by atoms with Gasteiger partial charge in [0.2, 0.25) is 11.8 Å². The minimum atomic E-state index is -1.18. The fraction of sp³-hybridized carbons (Fsp3) is 0.682. The van der Waals surface area contributed by atoms with Gasteiger partial charge in [0.25, 0.3) is 0 Å². The lowest BCUT2D eigenvalue weighted by molar-refractivity contribution is -0.163. The third-order valence-corrected chi connectivity index (χ3v) is 8.67. The molecule has 13 heteroatoms. The van der Waals surface area contributed by atoms with E-state index in [2.05, 4.69) is 10.5 Å². The summed E-state index contributed by atoms with van der Waals surface area (Å²) in [4.78, 5) is 53.1. The zero-order valence-corrected chi connectivity index (χ0v) is 20.5. The van der Waals surface area contributed by atoms with Crippen LogP contribution in [0.2, 0.25) is 0 Å². The third kappa shape index (κ3) is 4.29. The van der Waals surface area contributed by atoms with Crippen molar-refractivity contribution < 1.29 is 39.3 Å². The molecule has 0 aromatic rings. The van der Waals surface area contributed by atoms with Crippen molar-refractivity contribution in [2.45, 2.75) is 50.6 Å². The van der Waals surface area contributed by atoms with Gasteiger partial charge in [-0.3, -0.25) is 14.4 Å². The first-order valence-corrected chi connectivity index (χ1v) is 12.5. The number of carbonyl (C=O) groups is 4. The molecule has 1 unspecified atom stereocenters. The number of carbonyl (C=O) groups excluding carboxylic acids is 3. The summed E-state index contributed by atoms with van der Waals surface area (Å²) >= 11 is 1.36. The first-order chi connectivity index (χ1) is 16.6. The number of ether oxygens (including phenoxy) is 1. The van der Waals surface area contributed by atoms with Gasteiger partial charge in [0.1, 0.15) is 11.6 Å². The van der Waals surface area contributed by atoms with Crippen LogP contribution in [0.5, 0.6) is 0 Å². The Morgan fingerprint density at radius 3 is 2.66 bits per heavy atom. The molecule has 2 amide bonds. The Kier molecular flexibility index (Phi) is 7.11. The predicted octanol–water partition coefficient (Wildman–Crippen LogP) is -0.544. The number of aliphatic carboxylic acids is 1. The van der Waals surface area contributed by atoms with Crippen LogP contribution in [0.15, 0.2) is 15.8 Å². The average molecular weight is 511 g/mol. The molecule has 0 aromatic carbocycles. The van der Waals surface area contributed by atoms with Crippen LogP contribution in [0, 0.1) is 17.8 Å². The molecule has 4 aliphatic heterocycles. The van der Waals surface area contributed by atoms with Crippen LogP contribution in [0.1, 0.15) is 27.2 Å². The molecule has 0 bridgehead atoms. The standard InChI is InChI=1S/C22H30N4O8S/c1-4-34-22(32)12-7-25(8-14(12)24-33)19(28)13-5-11(6-23-13)35-18-9(2)16-15(10(3)27)20(29)26(16)17(18)21(30)31/h9-13,15-16,23,27,33H,4-8H2,1-3H3,(H,30,31)/b24-14-/t9-,10-,11+,12?,13+,15-,16-/m1/s1. The number of hydrogen-bond acceptors (Lipinski definition) is 10. The van der Waals surface area contributed by atoms with Gasteiger partial charge in [-0.2, -0.15) is 0 Å². The van der Waals surface area contributed by atoms with Crippen LogP contribution in [0.4, 0.5) is 0 Å². The number of carboxylic acids is 1. The van der Waals surface area contributed by atoms with E-state index >= 15 is 0 Å². The number of rotatable bonds is 7. The highest BCUT2D eigenvalue weighted by molar-refractivity contribution is 8.03. The molecule has 0 aliphatic carbocycles. The molecule has 0 spiro atoms. The summed E-state index contributed by atoms with van der Waals surface area (Å²) in [5, 5.41) is 35.3. The van der Waals surface area contributed by atoms with Gasteiger partial charge >= 0.3 is 11.9 Å². The molecule has 35 heavy (non-hydrogen) atoms. The summed E-state index contributed by atoms with van der Waals surface area (Å²) in [5.74, 6) is -4.02. The van der Waals surface area contributed by atoms with Gasteiger partial charge in [-0.1, -0.05) is 12.1 Å². The van der Waals surface area contributed by atoms with E-state index in [4.69, 9.17) is 4.74 Å². The summed E-state index contributed by atoms with van der Waals surface area (Å²) in [7, 11) is 0. The van der Waals surface area contributed by atoms with Crippen LogP contribution < -0.4 is 5.32 Å². The van der Waals surface area contributed by atoms with E-state index in [1.807, 2.05) is 6.92 Å². The molecule has 4 rings (SSSR count). The second-order valence-electron chi connectivity index (χ2n) is 9.32. The smallest absolute Gasteiger partial charge is 0.353 e. The van der Waals surface area contributed by atoms with E-state index in [0.717, 1.165) is 0 Å². The number of carboxylic acid groups (broad SMARTS) is 1. The summed E-state index contributed by atoms with van der Waals surface area (Å²) in [6.45, 7) is 5.80. The van der Waals surface area contributed by atoms with Crippen molar-refractivity contribution in [3.05, 3.63) is 10.6 Å². The van der Waals surface area contributed by atoms with Crippen LogP contribution >= 0.6 is 11.8 Å². The molecule has 3 fully saturated rings. The van der Waals surface area contributed by atoms with Crippen molar-refractivity contribution in [2.75, 3.05) is 26.2 Å².